The van der Waals surface area contributed by atoms with Gasteiger partial charge in [0.2, 0.25) is 0 Å². The van der Waals surface area contributed by atoms with Crippen LogP contribution in [-0.4, -0.2) is 8.07 Å². The molecule has 0 spiro atoms. The lowest BCUT2D eigenvalue weighted by Gasteiger charge is -2.36. The Labute approximate surface area is 163 Å². The molecule has 0 nitrogen and oxygen atoms in total. The van der Waals surface area contributed by atoms with Crippen molar-refractivity contribution in [2.75, 3.05) is 0 Å². The first-order valence-electron chi connectivity index (χ1n) is 9.69. The van der Waals surface area contributed by atoms with E-state index in [9.17, 15) is 0 Å². The molecule has 0 aromatic heterocycles. The lowest BCUT2D eigenvalue weighted by molar-refractivity contribution is 1.33. The molecule has 0 saturated carbocycles. The van der Waals surface area contributed by atoms with E-state index < -0.39 is 8.07 Å². The Morgan fingerprint density at radius 2 is 1.15 bits per heavy atom. The first-order valence-corrected chi connectivity index (χ1v) is 11.7. The van der Waals surface area contributed by atoms with Gasteiger partial charge in [0.05, 0.1) is 0 Å². The summed E-state index contributed by atoms with van der Waals surface area (Å²) < 4.78 is 0. The minimum atomic E-state index is -2.30. The molecule has 0 fully saturated rings. The fraction of sp³-hybridized carbons (Fsp3) is 0.154. The number of rotatable bonds is 4. The molecule has 0 N–H and O–H groups in total. The predicted molar refractivity (Wildman–Crippen MR) is 120 cm³/mol. The molecule has 0 amide bonds. The highest BCUT2D eigenvalue weighted by Gasteiger charge is 2.44. The van der Waals surface area contributed by atoms with E-state index in [2.05, 4.69) is 112 Å². The van der Waals surface area contributed by atoms with Gasteiger partial charge in [-0.2, -0.15) is 0 Å². The summed E-state index contributed by atoms with van der Waals surface area (Å²) in [5.41, 5.74) is 4.13. The molecule has 4 rings (SSSR count). The summed E-state index contributed by atoms with van der Waals surface area (Å²) in [5.74, 6) is 0. The molecule has 0 atom stereocenters. The highest BCUT2D eigenvalue weighted by Crippen LogP contribution is 2.29. The van der Waals surface area contributed by atoms with Crippen molar-refractivity contribution < 1.29 is 0 Å². The second-order valence-corrected chi connectivity index (χ2v) is 11.5. The first-order chi connectivity index (χ1) is 13.1. The fourth-order valence-corrected chi connectivity index (χ4v) is 10.1. The van der Waals surface area contributed by atoms with Crippen LogP contribution in [0, 0.1) is 13.8 Å². The lowest BCUT2D eigenvalue weighted by atomic mass is 10.2. The van der Waals surface area contributed by atoms with Crippen LogP contribution in [0.2, 0.25) is 0 Å². The van der Waals surface area contributed by atoms with Crippen LogP contribution in [0.4, 0.5) is 0 Å². The minimum Gasteiger partial charge on any atom is -0.0806 e. The lowest BCUT2D eigenvalue weighted by Crippen LogP contribution is -2.68. The standard InChI is InChI=1S/C26H26Si/c1-20-17-21(2)19-25(18-20)27(23-12-6-4-7-13-23,24-14-8-5-9-15-24)26-16-10-11-22(26)3/h4-15,17-19H,16H2,1-3H3. The van der Waals surface area contributed by atoms with Crippen LogP contribution in [0.1, 0.15) is 24.5 Å². The molecular formula is C26H26Si. The van der Waals surface area contributed by atoms with Crippen molar-refractivity contribution in [2.24, 2.45) is 0 Å². The van der Waals surface area contributed by atoms with Gasteiger partial charge in [-0.3, -0.25) is 0 Å². The van der Waals surface area contributed by atoms with E-state index in [1.807, 2.05) is 0 Å². The van der Waals surface area contributed by atoms with Crippen molar-refractivity contribution in [3.8, 4) is 0 Å². The molecule has 0 unspecified atom stereocenters. The summed E-state index contributed by atoms with van der Waals surface area (Å²) in [4.78, 5) is 0. The SMILES string of the molecule is CC1=C([Si](c2ccccc2)(c2ccccc2)c2cc(C)cc(C)c2)CC=C1. The topological polar surface area (TPSA) is 0 Å². The van der Waals surface area contributed by atoms with Crippen LogP contribution < -0.4 is 15.6 Å². The zero-order valence-corrected chi connectivity index (χ0v) is 17.4. The summed E-state index contributed by atoms with van der Waals surface area (Å²) >= 11 is 0. The van der Waals surface area contributed by atoms with Gasteiger partial charge >= 0.3 is 0 Å². The highest BCUT2D eigenvalue weighted by atomic mass is 28.3. The Morgan fingerprint density at radius 1 is 0.630 bits per heavy atom. The van der Waals surface area contributed by atoms with Crippen molar-refractivity contribution in [3.05, 3.63) is 113 Å². The molecule has 1 aliphatic carbocycles. The van der Waals surface area contributed by atoms with E-state index in [1.54, 1.807) is 5.20 Å². The Balaban J connectivity index is 2.15. The molecule has 3 aromatic rings. The van der Waals surface area contributed by atoms with Gasteiger partial charge in [0, 0.05) is 0 Å². The number of allylic oxidation sites excluding steroid dienone is 4. The van der Waals surface area contributed by atoms with Crippen LogP contribution in [-0.2, 0) is 0 Å². The van der Waals surface area contributed by atoms with Crippen molar-refractivity contribution in [2.45, 2.75) is 27.2 Å². The van der Waals surface area contributed by atoms with Crippen LogP contribution in [0.25, 0.3) is 0 Å². The van der Waals surface area contributed by atoms with Gasteiger partial charge in [0.15, 0.2) is 8.07 Å². The number of benzene rings is 3. The van der Waals surface area contributed by atoms with Gasteiger partial charge in [-0.15, -0.1) is 0 Å². The van der Waals surface area contributed by atoms with E-state index in [0.717, 1.165) is 6.42 Å². The zero-order chi connectivity index (χ0) is 18.9. The van der Waals surface area contributed by atoms with Crippen molar-refractivity contribution >= 4 is 23.6 Å². The molecule has 1 heteroatoms. The molecule has 0 saturated heterocycles. The quantitative estimate of drug-likeness (QED) is 0.468. The van der Waals surface area contributed by atoms with E-state index in [0.29, 0.717) is 0 Å². The van der Waals surface area contributed by atoms with Crippen molar-refractivity contribution in [3.63, 3.8) is 0 Å². The summed E-state index contributed by atoms with van der Waals surface area (Å²) in [7, 11) is -2.30. The van der Waals surface area contributed by atoms with E-state index in [4.69, 9.17) is 0 Å². The van der Waals surface area contributed by atoms with Gasteiger partial charge in [-0.05, 0) is 42.8 Å². The maximum absolute atomic E-state index is 2.43. The second kappa shape index (κ2) is 7.17. The predicted octanol–water partition coefficient (Wildman–Crippen LogP) is 4.59. The third kappa shape index (κ3) is 3.02. The largest absolute Gasteiger partial charge is 0.176 e. The number of hydrogen-bond donors (Lipinski definition) is 0. The van der Waals surface area contributed by atoms with Crippen molar-refractivity contribution in [1.29, 1.82) is 0 Å². The average Bonchev–Trinajstić information content (AvgIpc) is 3.10. The number of aryl methyl sites for hydroxylation is 2. The molecule has 0 aliphatic heterocycles. The van der Waals surface area contributed by atoms with E-state index in [1.165, 1.54) is 32.3 Å². The monoisotopic (exact) mass is 366 g/mol. The maximum Gasteiger partial charge on any atom is 0.176 e. The average molecular weight is 367 g/mol. The smallest absolute Gasteiger partial charge is 0.0806 e. The maximum atomic E-state index is 2.43. The van der Waals surface area contributed by atoms with Crippen molar-refractivity contribution in [1.82, 2.24) is 0 Å². The molecule has 134 valence electrons. The van der Waals surface area contributed by atoms with Crippen LogP contribution in [0.5, 0.6) is 0 Å². The third-order valence-electron chi connectivity index (χ3n) is 5.69. The first kappa shape index (κ1) is 17.8. The van der Waals surface area contributed by atoms with Crippen LogP contribution in [0.15, 0.2) is 102 Å². The highest BCUT2D eigenvalue weighted by molar-refractivity contribution is 7.16. The molecule has 3 aromatic carbocycles. The molecule has 0 radical (unpaired) electrons. The Hall–Kier alpha value is -2.64. The molecular weight excluding hydrogens is 340 g/mol. The van der Waals surface area contributed by atoms with Gasteiger partial charge in [0.1, 0.15) is 0 Å². The second-order valence-electron chi connectivity index (χ2n) is 7.63. The summed E-state index contributed by atoms with van der Waals surface area (Å²) in [5, 5.41) is 6.05. The minimum absolute atomic E-state index is 1.05. The van der Waals surface area contributed by atoms with Crippen LogP contribution in [0.3, 0.4) is 0 Å². The van der Waals surface area contributed by atoms with Gasteiger partial charge in [0.25, 0.3) is 0 Å². The Morgan fingerprint density at radius 3 is 1.59 bits per heavy atom. The molecule has 0 bridgehead atoms. The number of hydrogen-bond acceptors (Lipinski definition) is 0. The van der Waals surface area contributed by atoms with Crippen LogP contribution >= 0.6 is 0 Å². The Kier molecular flexibility index (Phi) is 4.71. The van der Waals surface area contributed by atoms with Gasteiger partial charge in [-0.25, -0.2) is 0 Å². The van der Waals surface area contributed by atoms with E-state index >= 15 is 0 Å². The van der Waals surface area contributed by atoms with Gasteiger partial charge < -0.3 is 0 Å². The summed E-state index contributed by atoms with van der Waals surface area (Å²) in [6.45, 7) is 6.73. The van der Waals surface area contributed by atoms with Gasteiger partial charge in [-0.1, -0.05) is 113 Å². The summed E-state index contributed by atoms with van der Waals surface area (Å²) in [6, 6.07) is 29.6. The summed E-state index contributed by atoms with van der Waals surface area (Å²) in [6.07, 6.45) is 5.70. The Bertz CT molecular complexity index is 951. The normalized spacial score (nSPS) is 14.0. The van der Waals surface area contributed by atoms with E-state index in [-0.39, 0.29) is 0 Å². The fourth-order valence-electron chi connectivity index (χ4n) is 4.65. The third-order valence-corrected chi connectivity index (χ3v) is 10.7. The molecule has 0 heterocycles. The zero-order valence-electron chi connectivity index (χ0n) is 16.4. The molecule has 27 heavy (non-hydrogen) atoms. The molecule has 1 aliphatic rings.